The molecule has 0 bridgehead atoms. The average molecular weight is 228 g/mol. The van der Waals surface area contributed by atoms with Crippen molar-refractivity contribution in [1.29, 1.82) is 0 Å². The molecule has 0 fully saturated rings. The Morgan fingerprint density at radius 1 is 1.00 bits per heavy atom. The maximum Gasteiger partial charge on any atom is 0.169 e. The van der Waals surface area contributed by atoms with E-state index in [1.807, 2.05) is 36.4 Å². The molecule has 0 spiro atoms. The molecule has 0 heterocycles. The zero-order valence-electron chi connectivity index (χ0n) is 10.1. The smallest absolute Gasteiger partial charge is 0.169 e. The Hall–Kier alpha value is -1.96. The van der Waals surface area contributed by atoms with Crippen molar-refractivity contribution in [2.24, 2.45) is 0 Å². The minimum atomic E-state index is 0.181. The summed E-state index contributed by atoms with van der Waals surface area (Å²) in [6.45, 7) is 4.18. The van der Waals surface area contributed by atoms with Gasteiger partial charge in [0.15, 0.2) is 11.5 Å². The van der Waals surface area contributed by atoms with E-state index in [9.17, 15) is 5.11 Å². The summed E-state index contributed by atoms with van der Waals surface area (Å²) in [5.74, 6) is 1.78. The van der Waals surface area contributed by atoms with Crippen LogP contribution in [0.5, 0.6) is 17.2 Å². The van der Waals surface area contributed by atoms with Gasteiger partial charge in [0.1, 0.15) is 5.75 Å². The summed E-state index contributed by atoms with van der Waals surface area (Å²) in [6.07, 6.45) is 0. The Balaban J connectivity index is 2.23. The topological polar surface area (TPSA) is 29.5 Å². The van der Waals surface area contributed by atoms with Gasteiger partial charge in [0.25, 0.3) is 0 Å². The Bertz CT molecular complexity index is 490. The van der Waals surface area contributed by atoms with Gasteiger partial charge < -0.3 is 9.84 Å². The third kappa shape index (κ3) is 2.78. The standard InChI is InChI=1S/C15H16O2/c1-11(2)12-8-9-15(14(16)10-12)17-13-6-4-3-5-7-13/h3-11,16H,1-2H3. The molecule has 0 aliphatic heterocycles. The normalized spacial score (nSPS) is 10.5. The molecule has 0 atom stereocenters. The highest BCUT2D eigenvalue weighted by atomic mass is 16.5. The average Bonchev–Trinajstić information content (AvgIpc) is 2.33. The lowest BCUT2D eigenvalue weighted by atomic mass is 10.0. The SMILES string of the molecule is CC(C)c1ccc(Oc2ccccc2)c(O)c1. The van der Waals surface area contributed by atoms with Crippen LogP contribution < -0.4 is 4.74 Å². The third-order valence-corrected chi connectivity index (χ3v) is 2.62. The van der Waals surface area contributed by atoms with Crippen LogP contribution in [0.3, 0.4) is 0 Å². The van der Waals surface area contributed by atoms with E-state index in [1.54, 1.807) is 12.1 Å². The van der Waals surface area contributed by atoms with Crippen LogP contribution in [0.4, 0.5) is 0 Å². The van der Waals surface area contributed by atoms with Crippen molar-refractivity contribution < 1.29 is 9.84 Å². The third-order valence-electron chi connectivity index (χ3n) is 2.62. The molecule has 2 heteroatoms. The number of hydrogen-bond donors (Lipinski definition) is 1. The van der Waals surface area contributed by atoms with Gasteiger partial charge in [0, 0.05) is 0 Å². The summed E-state index contributed by atoms with van der Waals surface area (Å²) in [4.78, 5) is 0. The quantitative estimate of drug-likeness (QED) is 0.848. The number of rotatable bonds is 3. The molecule has 2 aromatic carbocycles. The first-order chi connectivity index (χ1) is 8.16. The van der Waals surface area contributed by atoms with Crippen molar-refractivity contribution in [1.82, 2.24) is 0 Å². The first-order valence-corrected chi connectivity index (χ1v) is 5.72. The zero-order valence-corrected chi connectivity index (χ0v) is 10.1. The summed E-state index contributed by atoms with van der Waals surface area (Å²) < 4.78 is 5.59. The molecule has 0 radical (unpaired) electrons. The lowest BCUT2D eigenvalue weighted by molar-refractivity contribution is 0.410. The van der Waals surface area contributed by atoms with Gasteiger partial charge in [-0.25, -0.2) is 0 Å². The fourth-order valence-electron chi connectivity index (χ4n) is 1.60. The van der Waals surface area contributed by atoms with Gasteiger partial charge in [-0.05, 0) is 35.7 Å². The molecule has 17 heavy (non-hydrogen) atoms. The van der Waals surface area contributed by atoms with Crippen LogP contribution >= 0.6 is 0 Å². The summed E-state index contributed by atoms with van der Waals surface area (Å²) in [5.41, 5.74) is 1.10. The molecule has 0 amide bonds. The first kappa shape index (κ1) is 11.5. The summed E-state index contributed by atoms with van der Waals surface area (Å²) >= 11 is 0. The molecule has 1 N–H and O–H groups in total. The van der Waals surface area contributed by atoms with Gasteiger partial charge >= 0.3 is 0 Å². The van der Waals surface area contributed by atoms with Gasteiger partial charge in [-0.1, -0.05) is 38.1 Å². The van der Waals surface area contributed by atoms with Crippen molar-refractivity contribution in [2.75, 3.05) is 0 Å². The second-order valence-electron chi connectivity index (χ2n) is 4.30. The monoisotopic (exact) mass is 228 g/mol. The summed E-state index contributed by atoms with van der Waals surface area (Å²) in [5, 5.41) is 9.88. The Labute approximate surface area is 101 Å². The van der Waals surface area contributed by atoms with Gasteiger partial charge in [-0.15, -0.1) is 0 Å². The number of ether oxygens (including phenoxy) is 1. The first-order valence-electron chi connectivity index (χ1n) is 5.72. The van der Waals surface area contributed by atoms with Crippen molar-refractivity contribution in [3.63, 3.8) is 0 Å². The zero-order chi connectivity index (χ0) is 12.3. The number of hydrogen-bond acceptors (Lipinski definition) is 2. The highest BCUT2D eigenvalue weighted by molar-refractivity contribution is 5.45. The molecule has 2 nitrogen and oxygen atoms in total. The van der Waals surface area contributed by atoms with Crippen LogP contribution in [0.1, 0.15) is 25.3 Å². The molecule has 0 aromatic heterocycles. The van der Waals surface area contributed by atoms with E-state index < -0.39 is 0 Å². The predicted octanol–water partition coefficient (Wildman–Crippen LogP) is 4.31. The van der Waals surface area contributed by atoms with Gasteiger partial charge in [0.05, 0.1) is 0 Å². The summed E-state index contributed by atoms with van der Waals surface area (Å²) in [6, 6.07) is 15.0. The van der Waals surface area contributed by atoms with Crippen LogP contribution in [-0.4, -0.2) is 5.11 Å². The second-order valence-corrected chi connectivity index (χ2v) is 4.30. The Kier molecular flexibility index (Phi) is 3.33. The van der Waals surface area contributed by atoms with E-state index in [0.29, 0.717) is 11.7 Å². The Morgan fingerprint density at radius 3 is 2.29 bits per heavy atom. The van der Waals surface area contributed by atoms with Crippen molar-refractivity contribution in [2.45, 2.75) is 19.8 Å². The van der Waals surface area contributed by atoms with E-state index in [4.69, 9.17) is 4.74 Å². The molecular weight excluding hydrogens is 212 g/mol. The predicted molar refractivity (Wildman–Crippen MR) is 68.7 cm³/mol. The van der Waals surface area contributed by atoms with Crippen LogP contribution in [0.15, 0.2) is 48.5 Å². The van der Waals surface area contributed by atoms with Crippen LogP contribution in [0.2, 0.25) is 0 Å². The van der Waals surface area contributed by atoms with Crippen molar-refractivity contribution in [3.05, 3.63) is 54.1 Å². The van der Waals surface area contributed by atoms with Gasteiger partial charge in [0.2, 0.25) is 0 Å². The molecule has 88 valence electrons. The van der Waals surface area contributed by atoms with Gasteiger partial charge in [-0.2, -0.15) is 0 Å². The van der Waals surface area contributed by atoms with Gasteiger partial charge in [-0.3, -0.25) is 0 Å². The van der Waals surface area contributed by atoms with E-state index in [0.717, 1.165) is 11.3 Å². The summed E-state index contributed by atoms with van der Waals surface area (Å²) in [7, 11) is 0. The number of phenols is 1. The number of phenolic OH excluding ortho intramolecular Hbond substituents is 1. The maximum atomic E-state index is 9.88. The van der Waals surface area contributed by atoms with Crippen LogP contribution in [-0.2, 0) is 0 Å². The van der Waals surface area contributed by atoms with E-state index in [2.05, 4.69) is 13.8 Å². The lowest BCUT2D eigenvalue weighted by Crippen LogP contribution is -1.89. The maximum absolute atomic E-state index is 9.88. The van der Waals surface area contributed by atoms with Crippen molar-refractivity contribution >= 4 is 0 Å². The number of aromatic hydroxyl groups is 1. The highest BCUT2D eigenvalue weighted by Gasteiger charge is 2.06. The molecular formula is C15H16O2. The minimum Gasteiger partial charge on any atom is -0.504 e. The fraction of sp³-hybridized carbons (Fsp3) is 0.200. The molecule has 0 saturated carbocycles. The molecule has 0 saturated heterocycles. The molecule has 2 aromatic rings. The van der Waals surface area contributed by atoms with Crippen molar-refractivity contribution in [3.8, 4) is 17.2 Å². The molecule has 0 unspecified atom stereocenters. The lowest BCUT2D eigenvalue weighted by Gasteiger charge is -2.10. The van der Waals surface area contributed by atoms with E-state index in [1.165, 1.54) is 0 Å². The van der Waals surface area contributed by atoms with Crippen LogP contribution in [0.25, 0.3) is 0 Å². The van der Waals surface area contributed by atoms with Crippen LogP contribution in [0, 0.1) is 0 Å². The molecule has 0 aliphatic carbocycles. The fourth-order valence-corrected chi connectivity index (χ4v) is 1.60. The minimum absolute atomic E-state index is 0.181. The molecule has 0 aliphatic rings. The molecule has 2 rings (SSSR count). The highest BCUT2D eigenvalue weighted by Crippen LogP contribution is 2.32. The van der Waals surface area contributed by atoms with E-state index >= 15 is 0 Å². The second kappa shape index (κ2) is 4.91. The van der Waals surface area contributed by atoms with E-state index in [-0.39, 0.29) is 5.75 Å². The number of benzene rings is 2. The Morgan fingerprint density at radius 2 is 1.71 bits per heavy atom. The number of para-hydroxylation sites is 1. The largest absolute Gasteiger partial charge is 0.504 e.